The molecule has 1 heterocycles. The highest BCUT2D eigenvalue weighted by atomic mass is 16.5. The molecule has 0 bridgehead atoms. The number of nitrogens with one attached hydrogen (secondary N) is 1. The maximum atomic E-state index is 12.2. The van der Waals surface area contributed by atoms with E-state index in [2.05, 4.69) is 20.7 Å². The SMILES string of the molecule is COc1ccc(-c2nnn(CC(=O)Nc3cccc(C)c3C)n2)cc1. The average Bonchev–Trinajstić information content (AvgIpc) is 3.07. The van der Waals surface area contributed by atoms with Crippen LogP contribution in [0.25, 0.3) is 11.4 Å². The zero-order chi connectivity index (χ0) is 17.8. The maximum Gasteiger partial charge on any atom is 0.248 e. The van der Waals surface area contributed by atoms with Gasteiger partial charge in [-0.25, -0.2) is 0 Å². The Labute approximate surface area is 145 Å². The molecule has 1 aromatic heterocycles. The predicted molar refractivity (Wildman–Crippen MR) is 94.4 cm³/mol. The van der Waals surface area contributed by atoms with Gasteiger partial charge in [-0.3, -0.25) is 4.79 Å². The number of carbonyl (C=O) groups is 1. The Morgan fingerprint density at radius 3 is 2.64 bits per heavy atom. The number of benzene rings is 2. The molecule has 0 saturated heterocycles. The van der Waals surface area contributed by atoms with Crippen LogP contribution >= 0.6 is 0 Å². The van der Waals surface area contributed by atoms with Gasteiger partial charge in [-0.15, -0.1) is 10.2 Å². The van der Waals surface area contributed by atoms with Gasteiger partial charge in [-0.2, -0.15) is 4.80 Å². The molecule has 0 atom stereocenters. The number of aromatic nitrogens is 4. The molecule has 3 aromatic rings. The van der Waals surface area contributed by atoms with Gasteiger partial charge < -0.3 is 10.1 Å². The summed E-state index contributed by atoms with van der Waals surface area (Å²) in [7, 11) is 1.61. The molecule has 1 amide bonds. The van der Waals surface area contributed by atoms with Crippen molar-refractivity contribution in [3.8, 4) is 17.1 Å². The molecule has 1 N–H and O–H groups in total. The van der Waals surface area contributed by atoms with Gasteiger partial charge in [-0.1, -0.05) is 12.1 Å². The smallest absolute Gasteiger partial charge is 0.248 e. The third-order valence-electron chi connectivity index (χ3n) is 3.96. The lowest BCUT2D eigenvalue weighted by molar-refractivity contribution is -0.117. The van der Waals surface area contributed by atoms with Crippen LogP contribution in [0, 0.1) is 13.8 Å². The lowest BCUT2D eigenvalue weighted by atomic mass is 10.1. The number of rotatable bonds is 5. The fourth-order valence-electron chi connectivity index (χ4n) is 2.37. The van der Waals surface area contributed by atoms with E-state index >= 15 is 0 Å². The second-order valence-electron chi connectivity index (χ2n) is 5.67. The highest BCUT2D eigenvalue weighted by molar-refractivity contribution is 5.91. The highest BCUT2D eigenvalue weighted by Crippen LogP contribution is 2.19. The molecule has 2 aromatic carbocycles. The van der Waals surface area contributed by atoms with Crippen LogP contribution in [0.2, 0.25) is 0 Å². The Morgan fingerprint density at radius 2 is 1.92 bits per heavy atom. The molecule has 0 radical (unpaired) electrons. The van der Waals surface area contributed by atoms with Gasteiger partial charge in [0.05, 0.1) is 7.11 Å². The van der Waals surface area contributed by atoms with E-state index in [1.807, 2.05) is 56.3 Å². The Hall–Kier alpha value is -3.22. The number of hydrogen-bond donors (Lipinski definition) is 1. The summed E-state index contributed by atoms with van der Waals surface area (Å²) in [6, 6.07) is 13.1. The van der Waals surface area contributed by atoms with Gasteiger partial charge in [-0.05, 0) is 60.5 Å². The number of aryl methyl sites for hydroxylation is 1. The zero-order valence-corrected chi connectivity index (χ0v) is 14.4. The Bertz CT molecular complexity index is 887. The summed E-state index contributed by atoms with van der Waals surface area (Å²) in [5.41, 5.74) is 3.77. The molecule has 0 spiro atoms. The topological polar surface area (TPSA) is 81.9 Å². The monoisotopic (exact) mass is 337 g/mol. The van der Waals surface area contributed by atoms with Gasteiger partial charge in [0.2, 0.25) is 11.7 Å². The van der Waals surface area contributed by atoms with Crippen LogP contribution in [0.3, 0.4) is 0 Å². The van der Waals surface area contributed by atoms with Crippen LogP contribution in [0.4, 0.5) is 5.69 Å². The number of carbonyl (C=O) groups excluding carboxylic acids is 1. The van der Waals surface area contributed by atoms with Crippen molar-refractivity contribution in [3.05, 3.63) is 53.6 Å². The van der Waals surface area contributed by atoms with E-state index in [-0.39, 0.29) is 12.5 Å². The number of hydrogen-bond acceptors (Lipinski definition) is 5. The van der Waals surface area contributed by atoms with Crippen molar-refractivity contribution in [2.45, 2.75) is 20.4 Å². The molecule has 0 aliphatic heterocycles. The van der Waals surface area contributed by atoms with Crippen molar-refractivity contribution in [1.82, 2.24) is 20.2 Å². The first-order valence-corrected chi connectivity index (χ1v) is 7.85. The summed E-state index contributed by atoms with van der Waals surface area (Å²) in [5, 5.41) is 15.1. The first-order valence-electron chi connectivity index (χ1n) is 7.85. The summed E-state index contributed by atoms with van der Waals surface area (Å²) in [6.07, 6.45) is 0. The third-order valence-corrected chi connectivity index (χ3v) is 3.96. The summed E-state index contributed by atoms with van der Waals surface area (Å²) >= 11 is 0. The number of amides is 1. The third kappa shape index (κ3) is 3.82. The van der Waals surface area contributed by atoms with Gasteiger partial charge in [0.1, 0.15) is 12.3 Å². The molecule has 25 heavy (non-hydrogen) atoms. The summed E-state index contributed by atoms with van der Waals surface area (Å²) in [6.45, 7) is 3.97. The second-order valence-corrected chi connectivity index (χ2v) is 5.67. The Kier molecular flexibility index (Phi) is 4.74. The van der Waals surface area contributed by atoms with Crippen LogP contribution in [0.15, 0.2) is 42.5 Å². The Balaban J connectivity index is 1.68. The highest BCUT2D eigenvalue weighted by Gasteiger charge is 2.11. The number of ether oxygens (including phenoxy) is 1. The van der Waals surface area contributed by atoms with E-state index in [4.69, 9.17) is 4.74 Å². The van der Waals surface area contributed by atoms with Crippen LogP contribution in [-0.2, 0) is 11.3 Å². The summed E-state index contributed by atoms with van der Waals surface area (Å²) < 4.78 is 5.12. The average molecular weight is 337 g/mol. The van der Waals surface area contributed by atoms with Crippen molar-refractivity contribution in [2.75, 3.05) is 12.4 Å². The van der Waals surface area contributed by atoms with Crippen molar-refractivity contribution in [2.24, 2.45) is 0 Å². The van der Waals surface area contributed by atoms with E-state index in [1.165, 1.54) is 4.80 Å². The largest absolute Gasteiger partial charge is 0.497 e. The molecule has 0 aliphatic rings. The van der Waals surface area contributed by atoms with Crippen molar-refractivity contribution >= 4 is 11.6 Å². The summed E-state index contributed by atoms with van der Waals surface area (Å²) in [4.78, 5) is 13.5. The lowest BCUT2D eigenvalue weighted by Gasteiger charge is -2.09. The summed E-state index contributed by atoms with van der Waals surface area (Å²) in [5.74, 6) is 1.01. The minimum atomic E-state index is -0.201. The van der Waals surface area contributed by atoms with Crippen molar-refractivity contribution in [1.29, 1.82) is 0 Å². The maximum absolute atomic E-state index is 12.2. The molecule has 7 nitrogen and oxygen atoms in total. The van der Waals surface area contributed by atoms with E-state index in [0.717, 1.165) is 28.1 Å². The standard InChI is InChI=1S/C18H19N5O2/c1-12-5-4-6-16(13(12)2)19-17(24)11-23-21-18(20-22-23)14-7-9-15(25-3)10-8-14/h4-10H,11H2,1-3H3,(H,19,24). The fraction of sp³-hybridized carbons (Fsp3) is 0.222. The van der Waals surface area contributed by atoms with Crippen LogP contribution in [0.1, 0.15) is 11.1 Å². The van der Waals surface area contributed by atoms with Gasteiger partial charge in [0.15, 0.2) is 0 Å². The molecule has 0 saturated carbocycles. The number of tetrazole rings is 1. The first-order chi connectivity index (χ1) is 12.1. The lowest BCUT2D eigenvalue weighted by Crippen LogP contribution is -2.21. The normalized spacial score (nSPS) is 10.5. The quantitative estimate of drug-likeness (QED) is 0.774. The molecule has 3 rings (SSSR count). The molecule has 0 fully saturated rings. The minimum Gasteiger partial charge on any atom is -0.497 e. The number of nitrogens with zero attached hydrogens (tertiary/aromatic N) is 4. The van der Waals surface area contributed by atoms with Gasteiger partial charge in [0, 0.05) is 11.3 Å². The Morgan fingerprint density at radius 1 is 1.16 bits per heavy atom. The van der Waals surface area contributed by atoms with Crippen LogP contribution in [0.5, 0.6) is 5.75 Å². The predicted octanol–water partition coefficient (Wildman–Crippen LogP) is 2.60. The number of methoxy groups -OCH3 is 1. The van der Waals surface area contributed by atoms with Crippen LogP contribution in [-0.4, -0.2) is 33.2 Å². The molecule has 128 valence electrons. The molecular weight excluding hydrogens is 318 g/mol. The van der Waals surface area contributed by atoms with Crippen LogP contribution < -0.4 is 10.1 Å². The minimum absolute atomic E-state index is 0.00344. The fourth-order valence-corrected chi connectivity index (χ4v) is 2.37. The molecular formula is C18H19N5O2. The van der Waals surface area contributed by atoms with E-state index in [0.29, 0.717) is 5.82 Å². The second kappa shape index (κ2) is 7.12. The van der Waals surface area contributed by atoms with E-state index < -0.39 is 0 Å². The van der Waals surface area contributed by atoms with Gasteiger partial charge >= 0.3 is 0 Å². The van der Waals surface area contributed by atoms with E-state index in [9.17, 15) is 4.79 Å². The number of anilines is 1. The first kappa shape index (κ1) is 16.6. The zero-order valence-electron chi connectivity index (χ0n) is 14.4. The molecule has 0 unspecified atom stereocenters. The molecule has 7 heteroatoms. The van der Waals surface area contributed by atoms with E-state index in [1.54, 1.807) is 7.11 Å². The van der Waals surface area contributed by atoms with Gasteiger partial charge in [0.25, 0.3) is 0 Å². The van der Waals surface area contributed by atoms with Crippen molar-refractivity contribution in [3.63, 3.8) is 0 Å². The van der Waals surface area contributed by atoms with Crippen molar-refractivity contribution < 1.29 is 9.53 Å². The molecule has 0 aliphatic carbocycles.